The first-order valence-electron chi connectivity index (χ1n) is 8.80. The molecule has 130 valence electrons. The highest BCUT2D eigenvalue weighted by atomic mass is 15.2. The second-order valence-corrected chi connectivity index (χ2v) is 6.53. The van der Waals surface area contributed by atoms with Gasteiger partial charge in [0, 0.05) is 22.9 Å². The first-order valence-corrected chi connectivity index (χ1v) is 8.80. The maximum absolute atomic E-state index is 4.58. The summed E-state index contributed by atoms with van der Waals surface area (Å²) >= 11 is 0. The van der Waals surface area contributed by atoms with Gasteiger partial charge in [-0.3, -0.25) is 4.40 Å². The number of rotatable bonds is 3. The lowest BCUT2D eigenvalue weighted by molar-refractivity contribution is 1.11. The zero-order valence-electron chi connectivity index (χ0n) is 14.8. The van der Waals surface area contributed by atoms with E-state index in [1.54, 1.807) is 6.33 Å². The molecule has 0 saturated carbocycles. The number of aromatic amines is 1. The molecule has 5 rings (SSSR count). The minimum Gasteiger partial charge on any atom is -0.344 e. The Morgan fingerprint density at radius 2 is 1.67 bits per heavy atom. The molecular formula is C22H17N5. The number of hydrogen-bond acceptors (Lipinski definition) is 3. The fourth-order valence-electron chi connectivity index (χ4n) is 3.35. The molecule has 0 bridgehead atoms. The summed E-state index contributed by atoms with van der Waals surface area (Å²) in [5, 5.41) is 8.66. The van der Waals surface area contributed by atoms with Gasteiger partial charge in [0.1, 0.15) is 0 Å². The fourth-order valence-corrected chi connectivity index (χ4v) is 3.35. The average molecular weight is 351 g/mol. The Labute approximate surface area is 156 Å². The van der Waals surface area contributed by atoms with Gasteiger partial charge in [-0.15, -0.1) is 10.2 Å². The smallest absolute Gasteiger partial charge is 0.168 e. The van der Waals surface area contributed by atoms with Crippen LogP contribution in [0.5, 0.6) is 0 Å². The number of H-pyrrole nitrogens is 1. The molecule has 0 aliphatic rings. The van der Waals surface area contributed by atoms with Crippen molar-refractivity contribution in [3.05, 3.63) is 84.8 Å². The number of hydrogen-bond donors (Lipinski definition) is 1. The van der Waals surface area contributed by atoms with Crippen molar-refractivity contribution in [3.63, 3.8) is 0 Å². The summed E-state index contributed by atoms with van der Waals surface area (Å²) < 4.78 is 2.01. The van der Waals surface area contributed by atoms with Crippen LogP contribution >= 0.6 is 0 Å². The number of nitrogens with zero attached hydrogens (tertiary/aromatic N) is 4. The van der Waals surface area contributed by atoms with E-state index in [0.29, 0.717) is 0 Å². The Morgan fingerprint density at radius 3 is 2.52 bits per heavy atom. The highest BCUT2D eigenvalue weighted by molar-refractivity contribution is 5.78. The van der Waals surface area contributed by atoms with E-state index in [9.17, 15) is 0 Å². The lowest BCUT2D eigenvalue weighted by Gasteiger charge is -2.06. The Kier molecular flexibility index (Phi) is 3.57. The van der Waals surface area contributed by atoms with Crippen molar-refractivity contribution < 1.29 is 0 Å². The number of pyridine rings is 1. The molecule has 0 radical (unpaired) electrons. The Balaban J connectivity index is 1.66. The van der Waals surface area contributed by atoms with Gasteiger partial charge in [-0.05, 0) is 25.1 Å². The third-order valence-electron chi connectivity index (χ3n) is 4.65. The largest absolute Gasteiger partial charge is 0.344 e. The Hall–Kier alpha value is -3.73. The average Bonchev–Trinajstić information content (AvgIpc) is 3.35. The van der Waals surface area contributed by atoms with Crippen LogP contribution in [0.2, 0.25) is 0 Å². The van der Waals surface area contributed by atoms with E-state index in [4.69, 9.17) is 0 Å². The third kappa shape index (κ3) is 2.69. The minimum atomic E-state index is 0.810. The second-order valence-electron chi connectivity index (χ2n) is 6.53. The maximum Gasteiger partial charge on any atom is 0.168 e. The number of fused-ring (bicyclic) bond motifs is 1. The van der Waals surface area contributed by atoms with E-state index in [1.807, 2.05) is 53.1 Å². The van der Waals surface area contributed by atoms with Crippen LogP contribution in [-0.2, 0) is 0 Å². The molecular weight excluding hydrogens is 334 g/mol. The number of aromatic nitrogens is 5. The second kappa shape index (κ2) is 6.21. The minimum absolute atomic E-state index is 0.810. The molecule has 0 spiro atoms. The fraction of sp³-hybridized carbons (Fsp3) is 0.0455. The predicted molar refractivity (Wildman–Crippen MR) is 106 cm³/mol. The molecule has 0 amide bonds. The molecule has 5 aromatic rings. The van der Waals surface area contributed by atoms with E-state index >= 15 is 0 Å². The Morgan fingerprint density at radius 1 is 0.815 bits per heavy atom. The van der Waals surface area contributed by atoms with Gasteiger partial charge in [-0.1, -0.05) is 54.1 Å². The van der Waals surface area contributed by atoms with Crippen molar-refractivity contribution in [2.75, 3.05) is 0 Å². The van der Waals surface area contributed by atoms with Gasteiger partial charge >= 0.3 is 0 Å². The Bertz CT molecular complexity index is 1230. The van der Waals surface area contributed by atoms with Crippen LogP contribution in [0.3, 0.4) is 0 Å². The molecule has 0 atom stereocenters. The standard InChI is InChI=1S/C22H17N5/c1-15-6-5-9-17(12-15)20-21(24-14-23-20)18-10-11-19-25-26-22(27(19)13-18)16-7-3-2-4-8-16/h2-14H,1H3,(H,23,24). The number of imidazole rings is 1. The number of nitrogens with one attached hydrogen (secondary N) is 1. The quantitative estimate of drug-likeness (QED) is 0.510. The van der Waals surface area contributed by atoms with Crippen molar-refractivity contribution in [3.8, 4) is 33.9 Å². The third-order valence-corrected chi connectivity index (χ3v) is 4.65. The molecule has 0 aliphatic carbocycles. The van der Waals surface area contributed by atoms with Crippen LogP contribution in [0.15, 0.2) is 79.3 Å². The van der Waals surface area contributed by atoms with Crippen molar-refractivity contribution in [1.29, 1.82) is 0 Å². The number of benzene rings is 2. The first-order chi connectivity index (χ1) is 13.3. The monoisotopic (exact) mass is 351 g/mol. The molecule has 0 aliphatic heterocycles. The summed E-state index contributed by atoms with van der Waals surface area (Å²) in [5.41, 5.74) is 7.11. The van der Waals surface area contributed by atoms with E-state index in [1.165, 1.54) is 5.56 Å². The van der Waals surface area contributed by atoms with E-state index in [2.05, 4.69) is 51.4 Å². The van der Waals surface area contributed by atoms with Gasteiger partial charge in [0.05, 0.1) is 17.7 Å². The van der Waals surface area contributed by atoms with Gasteiger partial charge < -0.3 is 4.98 Å². The molecule has 0 unspecified atom stereocenters. The van der Waals surface area contributed by atoms with Gasteiger partial charge in [-0.2, -0.15) is 0 Å². The van der Waals surface area contributed by atoms with Crippen LogP contribution in [0, 0.1) is 6.92 Å². The van der Waals surface area contributed by atoms with Gasteiger partial charge in [0.2, 0.25) is 0 Å². The lowest BCUT2D eigenvalue weighted by atomic mass is 10.0. The van der Waals surface area contributed by atoms with Crippen LogP contribution in [-0.4, -0.2) is 24.6 Å². The van der Waals surface area contributed by atoms with E-state index in [-0.39, 0.29) is 0 Å². The summed E-state index contributed by atoms with van der Waals surface area (Å²) in [7, 11) is 0. The normalized spacial score (nSPS) is 11.1. The molecule has 2 aromatic carbocycles. The van der Waals surface area contributed by atoms with Crippen LogP contribution in [0.4, 0.5) is 0 Å². The van der Waals surface area contributed by atoms with Crippen molar-refractivity contribution in [1.82, 2.24) is 24.6 Å². The van der Waals surface area contributed by atoms with E-state index in [0.717, 1.165) is 39.5 Å². The van der Waals surface area contributed by atoms with Crippen molar-refractivity contribution >= 4 is 5.65 Å². The highest BCUT2D eigenvalue weighted by Crippen LogP contribution is 2.30. The van der Waals surface area contributed by atoms with E-state index < -0.39 is 0 Å². The molecule has 27 heavy (non-hydrogen) atoms. The molecule has 1 N–H and O–H groups in total. The topological polar surface area (TPSA) is 58.9 Å². The van der Waals surface area contributed by atoms with Crippen LogP contribution in [0.25, 0.3) is 39.5 Å². The zero-order valence-corrected chi connectivity index (χ0v) is 14.8. The summed E-state index contributed by atoms with van der Waals surface area (Å²) in [5.74, 6) is 0.820. The summed E-state index contributed by atoms with van der Waals surface area (Å²) in [6, 6.07) is 22.5. The molecule has 3 heterocycles. The summed E-state index contributed by atoms with van der Waals surface area (Å²) in [6.45, 7) is 2.09. The van der Waals surface area contributed by atoms with Gasteiger partial charge in [0.15, 0.2) is 11.5 Å². The molecule has 0 saturated heterocycles. The van der Waals surface area contributed by atoms with Crippen LogP contribution in [0.1, 0.15) is 5.56 Å². The lowest BCUT2D eigenvalue weighted by Crippen LogP contribution is -1.92. The molecule has 0 fully saturated rings. The maximum atomic E-state index is 4.58. The molecule has 3 aromatic heterocycles. The molecule has 5 heteroatoms. The number of aryl methyl sites for hydroxylation is 1. The highest BCUT2D eigenvalue weighted by Gasteiger charge is 2.14. The van der Waals surface area contributed by atoms with Gasteiger partial charge in [0.25, 0.3) is 0 Å². The predicted octanol–water partition coefficient (Wildman–Crippen LogP) is 4.76. The van der Waals surface area contributed by atoms with Crippen LogP contribution < -0.4 is 0 Å². The van der Waals surface area contributed by atoms with Crippen molar-refractivity contribution in [2.45, 2.75) is 6.92 Å². The summed E-state index contributed by atoms with van der Waals surface area (Å²) in [6.07, 6.45) is 3.79. The zero-order chi connectivity index (χ0) is 18.2. The first kappa shape index (κ1) is 15.5. The SMILES string of the molecule is Cc1cccc(-c2[nH]cnc2-c2ccc3nnc(-c4ccccc4)n3c2)c1. The van der Waals surface area contributed by atoms with Gasteiger partial charge in [-0.25, -0.2) is 4.98 Å². The summed E-state index contributed by atoms with van der Waals surface area (Å²) in [4.78, 5) is 7.86. The molecule has 5 nitrogen and oxygen atoms in total. The van der Waals surface area contributed by atoms with Crippen molar-refractivity contribution in [2.24, 2.45) is 0 Å².